The Morgan fingerprint density at radius 3 is 2.35 bits per heavy atom. The maximum Gasteiger partial charge on any atom is 0.410 e. The van der Waals surface area contributed by atoms with E-state index in [-0.39, 0.29) is 11.9 Å². The molecule has 0 aliphatic carbocycles. The van der Waals surface area contributed by atoms with Crippen LogP contribution >= 0.6 is 0 Å². The number of amides is 1. The highest BCUT2D eigenvalue weighted by molar-refractivity contribution is 5.76. The summed E-state index contributed by atoms with van der Waals surface area (Å²) in [7, 11) is 0. The quantitative estimate of drug-likeness (QED) is 0.818. The number of hydrogen-bond acceptors (Lipinski definition) is 4. The minimum absolute atomic E-state index is 0.201. The summed E-state index contributed by atoms with van der Waals surface area (Å²) < 4.78 is 5.41. The number of allylic oxidation sites excluding steroid dienone is 1. The number of rotatable bonds is 3. The lowest BCUT2D eigenvalue weighted by atomic mass is 10.2. The Kier molecular flexibility index (Phi) is 5.46. The fourth-order valence-corrected chi connectivity index (χ4v) is 2.73. The van der Waals surface area contributed by atoms with Gasteiger partial charge < -0.3 is 14.5 Å². The van der Waals surface area contributed by atoms with Crippen molar-refractivity contribution in [2.24, 2.45) is 0 Å². The van der Waals surface area contributed by atoms with Gasteiger partial charge in [0.05, 0.1) is 6.20 Å². The van der Waals surface area contributed by atoms with Crippen LogP contribution in [-0.4, -0.2) is 66.5 Å². The van der Waals surface area contributed by atoms with E-state index in [0.717, 1.165) is 24.5 Å². The fourth-order valence-electron chi connectivity index (χ4n) is 2.73. The van der Waals surface area contributed by atoms with Gasteiger partial charge in [-0.15, -0.1) is 0 Å². The Morgan fingerprint density at radius 2 is 1.87 bits per heavy atom. The molecule has 1 saturated heterocycles. The first-order chi connectivity index (χ1) is 10.7. The summed E-state index contributed by atoms with van der Waals surface area (Å²) in [4.78, 5) is 28.4. The van der Waals surface area contributed by atoms with Gasteiger partial charge in [-0.2, -0.15) is 0 Å². The largest absolute Gasteiger partial charge is 0.444 e. The van der Waals surface area contributed by atoms with Gasteiger partial charge >= 0.3 is 6.09 Å². The van der Waals surface area contributed by atoms with E-state index in [0.29, 0.717) is 19.6 Å². The molecule has 0 aromatic heterocycles. The Balaban J connectivity index is 1.81. The Labute approximate surface area is 138 Å². The molecule has 1 unspecified atom stereocenters. The summed E-state index contributed by atoms with van der Waals surface area (Å²) in [6.07, 6.45) is 6.06. The van der Waals surface area contributed by atoms with Crippen molar-refractivity contribution in [2.45, 2.75) is 33.3 Å². The molecule has 2 aliphatic rings. The second-order valence-electron chi connectivity index (χ2n) is 7.16. The molecule has 1 fully saturated rings. The van der Waals surface area contributed by atoms with E-state index in [9.17, 15) is 9.59 Å². The summed E-state index contributed by atoms with van der Waals surface area (Å²) >= 11 is 0. The van der Waals surface area contributed by atoms with Crippen molar-refractivity contribution in [3.05, 3.63) is 24.0 Å². The highest BCUT2D eigenvalue weighted by atomic mass is 16.6. The number of hydrogen-bond donors (Lipinski definition) is 1. The van der Waals surface area contributed by atoms with Gasteiger partial charge in [-0.25, -0.2) is 4.79 Å². The number of Topliss-reactive ketones (excluding diaryl/α,β-unsaturated/α-hetero) is 1. The zero-order chi connectivity index (χ0) is 17.0. The van der Waals surface area contributed by atoms with Crippen LogP contribution in [0, 0.1) is 0 Å². The lowest BCUT2D eigenvalue weighted by molar-refractivity contribution is -0.832. The summed E-state index contributed by atoms with van der Waals surface area (Å²) in [6, 6.07) is 0. The predicted octanol–water partition coefficient (Wildman–Crippen LogP) is 0.424. The zero-order valence-electron chi connectivity index (χ0n) is 14.6. The van der Waals surface area contributed by atoms with Crippen molar-refractivity contribution in [2.75, 3.05) is 39.3 Å². The molecule has 128 valence electrons. The number of ether oxygens (including phenoxy) is 1. The molecule has 0 aromatic carbocycles. The summed E-state index contributed by atoms with van der Waals surface area (Å²) in [6.45, 7) is 11.6. The molecule has 23 heavy (non-hydrogen) atoms. The number of carbonyl (C=O) groups is 2. The molecular weight excluding hydrogens is 294 g/mol. The van der Waals surface area contributed by atoms with Crippen molar-refractivity contribution in [1.82, 2.24) is 9.80 Å². The molecule has 1 amide bonds. The summed E-state index contributed by atoms with van der Waals surface area (Å²) in [5.41, 5.74) is 0.729. The van der Waals surface area contributed by atoms with Gasteiger partial charge in [0.1, 0.15) is 18.7 Å². The molecule has 0 aromatic rings. The van der Waals surface area contributed by atoms with Crippen molar-refractivity contribution in [1.29, 1.82) is 0 Å². The monoisotopic (exact) mass is 322 g/mol. The second kappa shape index (κ2) is 7.17. The molecule has 6 heteroatoms. The van der Waals surface area contributed by atoms with E-state index in [1.807, 2.05) is 20.8 Å². The molecule has 1 atom stereocenters. The van der Waals surface area contributed by atoms with Crippen LogP contribution in [0.4, 0.5) is 4.79 Å². The second-order valence-corrected chi connectivity index (χ2v) is 7.16. The van der Waals surface area contributed by atoms with Gasteiger partial charge in [0.15, 0.2) is 5.78 Å². The van der Waals surface area contributed by atoms with Crippen molar-refractivity contribution < 1.29 is 19.2 Å². The van der Waals surface area contributed by atoms with Gasteiger partial charge in [0.2, 0.25) is 0 Å². The van der Waals surface area contributed by atoms with Gasteiger partial charge in [-0.05, 0) is 26.8 Å². The van der Waals surface area contributed by atoms with Crippen LogP contribution < -0.4 is 4.90 Å². The third kappa shape index (κ3) is 5.39. The van der Waals surface area contributed by atoms with Crippen LogP contribution in [0.1, 0.15) is 27.7 Å². The van der Waals surface area contributed by atoms with E-state index in [1.54, 1.807) is 11.8 Å². The minimum Gasteiger partial charge on any atom is -0.444 e. The van der Waals surface area contributed by atoms with E-state index in [2.05, 4.69) is 23.3 Å². The molecule has 1 N–H and O–H groups in total. The van der Waals surface area contributed by atoms with E-state index >= 15 is 0 Å². The average Bonchev–Trinajstić information content (AvgIpc) is 2.46. The standard InChI is InChI=1S/C17H27N3O3/c1-14(21)13-18-7-5-15(6-8-18)19-9-11-20(12-10-19)16(22)23-17(2,3)4/h5-7H,8-13H2,1-4H3/p+1. The molecule has 2 heterocycles. The first kappa shape index (κ1) is 17.5. The molecule has 2 rings (SSSR count). The normalized spacial score (nSPS) is 21.9. The Hall–Kier alpha value is -1.82. The van der Waals surface area contributed by atoms with Crippen molar-refractivity contribution in [3.63, 3.8) is 0 Å². The number of nitrogens with zero attached hydrogens (tertiary/aromatic N) is 2. The van der Waals surface area contributed by atoms with Gasteiger partial charge in [-0.1, -0.05) is 0 Å². The molecule has 0 radical (unpaired) electrons. The third-order valence-electron chi connectivity index (χ3n) is 3.84. The molecule has 2 aliphatic heterocycles. The fraction of sp³-hybridized carbons (Fsp3) is 0.647. The van der Waals surface area contributed by atoms with Gasteiger partial charge in [-0.3, -0.25) is 9.69 Å². The molecule has 0 spiro atoms. The zero-order valence-corrected chi connectivity index (χ0v) is 14.6. The number of quaternary nitrogens is 1. The number of carbonyl (C=O) groups excluding carboxylic acids is 2. The lowest BCUT2D eigenvalue weighted by Gasteiger charge is -2.37. The first-order valence-electron chi connectivity index (χ1n) is 8.20. The Bertz CT molecular complexity index is 512. The van der Waals surface area contributed by atoms with E-state index < -0.39 is 5.60 Å². The topological polar surface area (TPSA) is 54.3 Å². The van der Waals surface area contributed by atoms with Crippen LogP contribution in [0.3, 0.4) is 0 Å². The average molecular weight is 322 g/mol. The van der Waals surface area contributed by atoms with E-state index in [1.165, 1.54) is 5.70 Å². The van der Waals surface area contributed by atoms with Crippen molar-refractivity contribution in [3.8, 4) is 0 Å². The summed E-state index contributed by atoms with van der Waals surface area (Å²) in [5, 5.41) is 0. The highest BCUT2D eigenvalue weighted by Gasteiger charge is 2.26. The minimum atomic E-state index is -0.453. The maximum atomic E-state index is 12.1. The number of ketones is 1. The van der Waals surface area contributed by atoms with Crippen LogP contribution in [0.15, 0.2) is 24.0 Å². The molecule has 0 saturated carbocycles. The molecular formula is C17H28N3O3+. The van der Waals surface area contributed by atoms with Gasteiger partial charge in [0, 0.05) is 44.9 Å². The Morgan fingerprint density at radius 1 is 1.22 bits per heavy atom. The van der Waals surface area contributed by atoms with E-state index in [4.69, 9.17) is 4.74 Å². The number of piperazine rings is 1. The molecule has 6 nitrogen and oxygen atoms in total. The van der Waals surface area contributed by atoms with Crippen LogP contribution in [0.2, 0.25) is 0 Å². The van der Waals surface area contributed by atoms with Crippen LogP contribution in [0.5, 0.6) is 0 Å². The van der Waals surface area contributed by atoms with Crippen LogP contribution in [-0.2, 0) is 9.53 Å². The smallest absolute Gasteiger partial charge is 0.410 e. The predicted molar refractivity (Wildman–Crippen MR) is 88.0 cm³/mol. The van der Waals surface area contributed by atoms with Gasteiger partial charge in [0.25, 0.3) is 0 Å². The highest BCUT2D eigenvalue weighted by Crippen LogP contribution is 2.15. The van der Waals surface area contributed by atoms with Crippen molar-refractivity contribution >= 4 is 11.9 Å². The summed E-state index contributed by atoms with van der Waals surface area (Å²) in [5.74, 6) is 0.201. The number of nitrogens with one attached hydrogen (secondary N) is 1. The maximum absolute atomic E-state index is 12.1. The van der Waals surface area contributed by atoms with Crippen LogP contribution in [0.25, 0.3) is 0 Å². The third-order valence-corrected chi connectivity index (χ3v) is 3.84. The SMILES string of the molecule is CC(=O)C[NH+]1C=CC(N2CCN(C(=O)OC(C)(C)C)CC2)=CC1. The molecule has 0 bridgehead atoms. The first-order valence-corrected chi connectivity index (χ1v) is 8.20. The lowest BCUT2D eigenvalue weighted by Crippen LogP contribution is -3.08.